The standard InChI is InChI=1S/C7H6F4N2/c1-4-2-12-6(13-3-4)5(8)7(9,10)11/h2-3,5H,1H3. The van der Waals surface area contributed by atoms with Crippen LogP contribution in [0.1, 0.15) is 17.6 Å². The second-order valence-corrected chi connectivity index (χ2v) is 2.52. The van der Waals surface area contributed by atoms with Crippen LogP contribution in [0.25, 0.3) is 0 Å². The quantitative estimate of drug-likeness (QED) is 0.641. The Kier molecular flexibility index (Phi) is 2.49. The van der Waals surface area contributed by atoms with Gasteiger partial charge in [0, 0.05) is 12.4 Å². The summed E-state index contributed by atoms with van der Waals surface area (Å²) >= 11 is 0. The van der Waals surface area contributed by atoms with Gasteiger partial charge in [0.25, 0.3) is 6.17 Å². The van der Waals surface area contributed by atoms with Crippen LogP contribution in [0.2, 0.25) is 0 Å². The van der Waals surface area contributed by atoms with Crippen molar-refractivity contribution in [2.45, 2.75) is 19.3 Å². The molecule has 0 bridgehead atoms. The number of aryl methyl sites for hydroxylation is 1. The zero-order chi connectivity index (χ0) is 10.1. The first kappa shape index (κ1) is 9.88. The number of rotatable bonds is 1. The van der Waals surface area contributed by atoms with Gasteiger partial charge in [0.2, 0.25) is 0 Å². The first-order valence-electron chi connectivity index (χ1n) is 3.40. The zero-order valence-corrected chi connectivity index (χ0v) is 6.64. The highest BCUT2D eigenvalue weighted by Crippen LogP contribution is 2.33. The predicted octanol–water partition coefficient (Wildman–Crippen LogP) is 2.36. The molecule has 0 fully saturated rings. The molecule has 0 amide bonds. The summed E-state index contributed by atoms with van der Waals surface area (Å²) in [5.41, 5.74) is 0.582. The first-order valence-corrected chi connectivity index (χ1v) is 3.40. The lowest BCUT2D eigenvalue weighted by atomic mass is 10.3. The van der Waals surface area contributed by atoms with Gasteiger partial charge in [-0.05, 0) is 12.5 Å². The zero-order valence-electron chi connectivity index (χ0n) is 6.64. The minimum atomic E-state index is -4.94. The molecule has 0 spiro atoms. The Morgan fingerprint density at radius 1 is 1.23 bits per heavy atom. The van der Waals surface area contributed by atoms with Crippen molar-refractivity contribution in [3.05, 3.63) is 23.8 Å². The van der Waals surface area contributed by atoms with Crippen molar-refractivity contribution in [2.24, 2.45) is 0 Å². The van der Waals surface area contributed by atoms with Gasteiger partial charge in [0.05, 0.1) is 0 Å². The van der Waals surface area contributed by atoms with Gasteiger partial charge in [0.1, 0.15) is 0 Å². The van der Waals surface area contributed by atoms with Gasteiger partial charge in [-0.25, -0.2) is 14.4 Å². The summed E-state index contributed by atoms with van der Waals surface area (Å²) in [7, 11) is 0. The van der Waals surface area contributed by atoms with Crippen LogP contribution in [-0.2, 0) is 0 Å². The molecule has 0 radical (unpaired) electrons. The minimum Gasteiger partial charge on any atom is -0.238 e. The molecule has 2 nitrogen and oxygen atoms in total. The van der Waals surface area contributed by atoms with Gasteiger partial charge in [-0.15, -0.1) is 0 Å². The number of nitrogens with zero attached hydrogens (tertiary/aromatic N) is 2. The van der Waals surface area contributed by atoms with Crippen molar-refractivity contribution in [1.82, 2.24) is 9.97 Å². The number of alkyl halides is 4. The van der Waals surface area contributed by atoms with E-state index in [1.54, 1.807) is 6.92 Å². The number of hydrogen-bond donors (Lipinski definition) is 0. The molecule has 1 aromatic heterocycles. The van der Waals surface area contributed by atoms with Crippen LogP contribution in [0.5, 0.6) is 0 Å². The molecule has 13 heavy (non-hydrogen) atoms. The molecule has 0 saturated heterocycles. The number of hydrogen-bond acceptors (Lipinski definition) is 2. The van der Waals surface area contributed by atoms with Gasteiger partial charge in [-0.1, -0.05) is 0 Å². The second-order valence-electron chi connectivity index (χ2n) is 2.52. The van der Waals surface area contributed by atoms with E-state index in [1.807, 2.05) is 0 Å². The molecule has 6 heteroatoms. The molecule has 0 saturated carbocycles. The van der Waals surface area contributed by atoms with E-state index in [0.29, 0.717) is 5.56 Å². The molecule has 0 aliphatic heterocycles. The van der Waals surface area contributed by atoms with Crippen molar-refractivity contribution in [2.75, 3.05) is 0 Å². The van der Waals surface area contributed by atoms with Gasteiger partial charge < -0.3 is 0 Å². The van der Waals surface area contributed by atoms with Gasteiger partial charge >= 0.3 is 6.18 Å². The highest BCUT2D eigenvalue weighted by Gasteiger charge is 2.43. The monoisotopic (exact) mass is 194 g/mol. The Labute approximate surface area is 71.6 Å². The average molecular weight is 194 g/mol. The molecule has 0 aliphatic rings. The molecule has 1 heterocycles. The average Bonchev–Trinajstić information content (AvgIpc) is 2.03. The lowest BCUT2D eigenvalue weighted by Gasteiger charge is -2.10. The van der Waals surface area contributed by atoms with E-state index >= 15 is 0 Å². The van der Waals surface area contributed by atoms with E-state index in [4.69, 9.17) is 0 Å². The van der Waals surface area contributed by atoms with E-state index in [2.05, 4.69) is 9.97 Å². The largest absolute Gasteiger partial charge is 0.427 e. The Morgan fingerprint density at radius 3 is 2.08 bits per heavy atom. The summed E-state index contributed by atoms with van der Waals surface area (Å²) in [5.74, 6) is -0.849. The number of halogens is 4. The van der Waals surface area contributed by atoms with Crippen molar-refractivity contribution >= 4 is 0 Å². The van der Waals surface area contributed by atoms with E-state index in [9.17, 15) is 17.6 Å². The normalized spacial score (nSPS) is 14.2. The maximum absolute atomic E-state index is 12.5. The molecule has 1 aromatic rings. The topological polar surface area (TPSA) is 25.8 Å². The fourth-order valence-electron chi connectivity index (χ4n) is 0.680. The fourth-order valence-corrected chi connectivity index (χ4v) is 0.680. The van der Waals surface area contributed by atoms with Gasteiger partial charge in [-0.3, -0.25) is 0 Å². The van der Waals surface area contributed by atoms with Crippen molar-refractivity contribution < 1.29 is 17.6 Å². The summed E-state index contributed by atoms with van der Waals surface area (Å²) in [6.07, 6.45) is -5.76. The summed E-state index contributed by atoms with van der Waals surface area (Å²) in [6.45, 7) is 1.60. The van der Waals surface area contributed by atoms with Crippen LogP contribution < -0.4 is 0 Å². The smallest absolute Gasteiger partial charge is 0.238 e. The van der Waals surface area contributed by atoms with Crippen LogP contribution in [0.4, 0.5) is 17.6 Å². The Bertz CT molecular complexity index is 280. The molecule has 1 atom stereocenters. The fraction of sp³-hybridized carbons (Fsp3) is 0.429. The van der Waals surface area contributed by atoms with E-state index in [1.165, 1.54) is 0 Å². The van der Waals surface area contributed by atoms with Gasteiger partial charge in [0.15, 0.2) is 5.82 Å². The maximum Gasteiger partial charge on any atom is 0.427 e. The Morgan fingerprint density at radius 2 is 1.69 bits per heavy atom. The third-order valence-electron chi connectivity index (χ3n) is 1.31. The van der Waals surface area contributed by atoms with E-state index in [0.717, 1.165) is 12.4 Å². The van der Waals surface area contributed by atoms with Crippen LogP contribution in [0, 0.1) is 6.92 Å². The van der Waals surface area contributed by atoms with Crippen LogP contribution in [0.3, 0.4) is 0 Å². The van der Waals surface area contributed by atoms with Crippen LogP contribution in [-0.4, -0.2) is 16.1 Å². The lowest BCUT2D eigenvalue weighted by Crippen LogP contribution is -2.18. The van der Waals surface area contributed by atoms with Crippen molar-refractivity contribution in [3.63, 3.8) is 0 Å². The van der Waals surface area contributed by atoms with E-state index in [-0.39, 0.29) is 0 Å². The highest BCUT2D eigenvalue weighted by atomic mass is 19.4. The minimum absolute atomic E-state index is 0.582. The molecule has 0 aromatic carbocycles. The first-order chi connectivity index (χ1) is 5.91. The number of aromatic nitrogens is 2. The highest BCUT2D eigenvalue weighted by molar-refractivity contribution is 5.04. The molecule has 1 unspecified atom stereocenters. The molecule has 72 valence electrons. The molecule has 0 N–H and O–H groups in total. The third-order valence-corrected chi connectivity index (χ3v) is 1.31. The lowest BCUT2D eigenvalue weighted by molar-refractivity contribution is -0.184. The van der Waals surface area contributed by atoms with Crippen molar-refractivity contribution in [3.8, 4) is 0 Å². The molecular formula is C7H6F4N2. The summed E-state index contributed by atoms with van der Waals surface area (Å²) in [5, 5.41) is 0. The van der Waals surface area contributed by atoms with Crippen molar-refractivity contribution in [1.29, 1.82) is 0 Å². The second kappa shape index (κ2) is 3.27. The van der Waals surface area contributed by atoms with Crippen LogP contribution in [0.15, 0.2) is 12.4 Å². The Hall–Kier alpha value is -1.20. The van der Waals surface area contributed by atoms with E-state index < -0.39 is 18.2 Å². The predicted molar refractivity (Wildman–Crippen MR) is 36.7 cm³/mol. The molecular weight excluding hydrogens is 188 g/mol. The summed E-state index contributed by atoms with van der Waals surface area (Å²) in [6, 6.07) is 0. The van der Waals surface area contributed by atoms with Gasteiger partial charge in [-0.2, -0.15) is 13.2 Å². The molecule has 1 rings (SSSR count). The maximum atomic E-state index is 12.5. The summed E-state index contributed by atoms with van der Waals surface area (Å²) < 4.78 is 47.9. The SMILES string of the molecule is Cc1cnc(C(F)C(F)(F)F)nc1. The summed E-state index contributed by atoms with van der Waals surface area (Å²) in [4.78, 5) is 6.48. The van der Waals surface area contributed by atoms with Crippen LogP contribution >= 0.6 is 0 Å². The molecule has 0 aliphatic carbocycles. The Balaban J connectivity index is 2.90. The third kappa shape index (κ3) is 2.37.